The van der Waals surface area contributed by atoms with Crippen LogP contribution >= 0.6 is 0 Å². The van der Waals surface area contributed by atoms with Crippen LogP contribution in [0.2, 0.25) is 0 Å². The summed E-state index contributed by atoms with van der Waals surface area (Å²) in [7, 11) is 0. The van der Waals surface area contributed by atoms with E-state index in [1.54, 1.807) is 17.4 Å². The fraction of sp³-hybridized carbons (Fsp3) is 0.500. The molecular formula is C14H19F3N2O2. The van der Waals surface area contributed by atoms with E-state index in [2.05, 4.69) is 5.32 Å². The van der Waals surface area contributed by atoms with Gasteiger partial charge >= 0.3 is 6.18 Å². The van der Waals surface area contributed by atoms with E-state index in [-0.39, 0.29) is 0 Å². The molecule has 2 N–H and O–H groups in total. The highest BCUT2D eigenvalue weighted by molar-refractivity contribution is 5.77. The number of ether oxygens (including phenoxy) is 1. The Kier molecular flexibility index (Phi) is 6.48. The highest BCUT2D eigenvalue weighted by Gasteiger charge is 2.27. The van der Waals surface area contributed by atoms with Gasteiger partial charge in [-0.3, -0.25) is 4.79 Å². The number of benzene rings is 1. The van der Waals surface area contributed by atoms with Gasteiger partial charge in [0.2, 0.25) is 0 Å². The first kappa shape index (κ1) is 17.3. The van der Waals surface area contributed by atoms with Gasteiger partial charge in [-0.05, 0) is 17.7 Å². The molecule has 0 unspecified atom stereocenters. The largest absolute Gasteiger partial charge is 0.484 e. The summed E-state index contributed by atoms with van der Waals surface area (Å²) in [4.78, 5) is 11.2. The molecule has 0 aliphatic carbocycles. The first-order valence-corrected chi connectivity index (χ1v) is 6.55. The van der Waals surface area contributed by atoms with Gasteiger partial charge in [0.05, 0.1) is 0 Å². The van der Waals surface area contributed by atoms with Crippen LogP contribution in [0.4, 0.5) is 13.2 Å². The SMILES string of the molecule is CC(C)NCc1ccc(OCC(=O)NCC(F)(F)F)cc1. The molecule has 7 heteroatoms. The number of nitrogens with one attached hydrogen (secondary N) is 2. The van der Waals surface area contributed by atoms with Crippen molar-refractivity contribution in [1.82, 2.24) is 10.6 Å². The van der Waals surface area contributed by atoms with Crippen molar-refractivity contribution in [3.8, 4) is 5.75 Å². The highest BCUT2D eigenvalue weighted by Crippen LogP contribution is 2.13. The van der Waals surface area contributed by atoms with Crippen molar-refractivity contribution in [1.29, 1.82) is 0 Å². The lowest BCUT2D eigenvalue weighted by Crippen LogP contribution is -2.36. The molecule has 118 valence electrons. The Bertz CT molecular complexity index is 445. The van der Waals surface area contributed by atoms with Gasteiger partial charge in [0.15, 0.2) is 6.61 Å². The zero-order valence-electron chi connectivity index (χ0n) is 12.0. The molecule has 1 amide bonds. The number of halogens is 3. The van der Waals surface area contributed by atoms with Crippen LogP contribution in [0.3, 0.4) is 0 Å². The predicted octanol–water partition coefficient (Wildman–Crippen LogP) is 2.24. The van der Waals surface area contributed by atoms with Crippen molar-refractivity contribution in [2.75, 3.05) is 13.2 Å². The molecule has 0 aliphatic rings. The van der Waals surface area contributed by atoms with Crippen LogP contribution in [0.1, 0.15) is 19.4 Å². The van der Waals surface area contributed by atoms with E-state index in [0.717, 1.165) is 5.56 Å². The maximum Gasteiger partial charge on any atom is 0.405 e. The van der Waals surface area contributed by atoms with Crippen molar-refractivity contribution < 1.29 is 22.7 Å². The number of carbonyl (C=O) groups is 1. The van der Waals surface area contributed by atoms with Gasteiger partial charge in [-0.1, -0.05) is 26.0 Å². The Morgan fingerprint density at radius 3 is 2.38 bits per heavy atom. The molecule has 21 heavy (non-hydrogen) atoms. The van der Waals surface area contributed by atoms with Crippen LogP contribution in [0.15, 0.2) is 24.3 Å². The summed E-state index contributed by atoms with van der Waals surface area (Å²) in [6.07, 6.45) is -4.42. The minimum Gasteiger partial charge on any atom is -0.484 e. The second-order valence-electron chi connectivity index (χ2n) is 4.86. The van der Waals surface area contributed by atoms with Crippen LogP contribution in [-0.2, 0) is 11.3 Å². The van der Waals surface area contributed by atoms with Crippen LogP contribution in [0.25, 0.3) is 0 Å². The summed E-state index contributed by atoms with van der Waals surface area (Å²) >= 11 is 0. The molecule has 0 radical (unpaired) electrons. The highest BCUT2D eigenvalue weighted by atomic mass is 19.4. The predicted molar refractivity (Wildman–Crippen MR) is 73.0 cm³/mol. The zero-order valence-corrected chi connectivity index (χ0v) is 12.0. The third-order valence-electron chi connectivity index (χ3n) is 2.49. The minimum atomic E-state index is -4.42. The van der Waals surface area contributed by atoms with E-state index in [1.165, 1.54) is 0 Å². The molecule has 0 fully saturated rings. The molecule has 0 saturated heterocycles. The molecule has 0 saturated carbocycles. The summed E-state index contributed by atoms with van der Waals surface area (Å²) in [5, 5.41) is 4.99. The topological polar surface area (TPSA) is 50.4 Å². The van der Waals surface area contributed by atoms with E-state index in [0.29, 0.717) is 18.3 Å². The molecule has 1 rings (SSSR count). The van der Waals surface area contributed by atoms with Gasteiger partial charge in [0.25, 0.3) is 5.91 Å². The minimum absolute atomic E-state index is 0.373. The van der Waals surface area contributed by atoms with Crippen molar-refractivity contribution in [2.45, 2.75) is 32.6 Å². The number of hydrogen-bond acceptors (Lipinski definition) is 3. The smallest absolute Gasteiger partial charge is 0.405 e. The molecule has 0 atom stereocenters. The van der Waals surface area contributed by atoms with Gasteiger partial charge in [-0.25, -0.2) is 0 Å². The Balaban J connectivity index is 2.34. The quantitative estimate of drug-likeness (QED) is 0.812. The van der Waals surface area contributed by atoms with E-state index >= 15 is 0 Å². The van der Waals surface area contributed by atoms with Gasteiger partial charge in [0.1, 0.15) is 12.3 Å². The Morgan fingerprint density at radius 1 is 1.24 bits per heavy atom. The summed E-state index contributed by atoms with van der Waals surface area (Å²) in [5.74, 6) is -0.372. The van der Waals surface area contributed by atoms with Crippen molar-refractivity contribution in [2.24, 2.45) is 0 Å². The van der Waals surface area contributed by atoms with Gasteiger partial charge in [-0.2, -0.15) is 13.2 Å². The maximum absolute atomic E-state index is 11.9. The summed E-state index contributed by atoms with van der Waals surface area (Å²) < 4.78 is 40.8. The third-order valence-corrected chi connectivity index (χ3v) is 2.49. The number of carbonyl (C=O) groups excluding carboxylic acids is 1. The Labute approximate surface area is 121 Å². The molecule has 0 aliphatic heterocycles. The molecule has 1 aromatic carbocycles. The number of hydrogen-bond donors (Lipinski definition) is 2. The van der Waals surface area contributed by atoms with Gasteiger partial charge in [-0.15, -0.1) is 0 Å². The molecule has 0 heterocycles. The monoisotopic (exact) mass is 304 g/mol. The van der Waals surface area contributed by atoms with E-state index < -0.39 is 25.2 Å². The van der Waals surface area contributed by atoms with Gasteiger partial charge in [0, 0.05) is 12.6 Å². The molecular weight excluding hydrogens is 285 g/mol. The number of rotatable bonds is 7. The summed E-state index contributed by atoms with van der Waals surface area (Å²) in [6, 6.07) is 7.39. The lowest BCUT2D eigenvalue weighted by molar-refractivity contribution is -0.139. The lowest BCUT2D eigenvalue weighted by atomic mass is 10.2. The van der Waals surface area contributed by atoms with E-state index in [1.807, 2.05) is 26.0 Å². The molecule has 1 aromatic rings. The summed E-state index contributed by atoms with van der Waals surface area (Å²) in [5.41, 5.74) is 1.05. The Hall–Kier alpha value is -1.76. The van der Waals surface area contributed by atoms with Crippen LogP contribution in [0.5, 0.6) is 5.75 Å². The normalized spacial score (nSPS) is 11.5. The van der Waals surface area contributed by atoms with Crippen LogP contribution < -0.4 is 15.4 Å². The summed E-state index contributed by atoms with van der Waals surface area (Å²) in [6.45, 7) is 2.99. The fourth-order valence-corrected chi connectivity index (χ4v) is 1.42. The van der Waals surface area contributed by atoms with Crippen molar-refractivity contribution in [3.05, 3.63) is 29.8 Å². The molecule has 0 bridgehead atoms. The second kappa shape index (κ2) is 7.87. The number of alkyl halides is 3. The lowest BCUT2D eigenvalue weighted by Gasteiger charge is -2.10. The molecule has 0 aromatic heterocycles. The van der Waals surface area contributed by atoms with Crippen molar-refractivity contribution in [3.63, 3.8) is 0 Å². The molecule has 4 nitrogen and oxygen atoms in total. The average molecular weight is 304 g/mol. The molecule has 0 spiro atoms. The fourth-order valence-electron chi connectivity index (χ4n) is 1.42. The first-order valence-electron chi connectivity index (χ1n) is 6.55. The third kappa shape index (κ3) is 8.19. The number of amides is 1. The van der Waals surface area contributed by atoms with E-state index in [9.17, 15) is 18.0 Å². The van der Waals surface area contributed by atoms with Gasteiger partial charge < -0.3 is 15.4 Å². The average Bonchev–Trinajstić information content (AvgIpc) is 2.41. The van der Waals surface area contributed by atoms with E-state index in [4.69, 9.17) is 4.74 Å². The van der Waals surface area contributed by atoms with Crippen LogP contribution in [0, 0.1) is 0 Å². The Morgan fingerprint density at radius 2 is 1.86 bits per heavy atom. The van der Waals surface area contributed by atoms with Crippen LogP contribution in [-0.4, -0.2) is 31.3 Å². The standard InChI is InChI=1S/C14H19F3N2O2/c1-10(2)18-7-11-3-5-12(6-4-11)21-8-13(20)19-9-14(15,16)17/h3-6,10,18H,7-9H2,1-2H3,(H,19,20). The van der Waals surface area contributed by atoms with Crippen molar-refractivity contribution >= 4 is 5.91 Å². The first-order chi connectivity index (χ1) is 9.76. The zero-order chi connectivity index (χ0) is 15.9. The maximum atomic E-state index is 11.9. The second-order valence-corrected chi connectivity index (χ2v) is 4.86.